The molecule has 80 valence electrons. The van der Waals surface area contributed by atoms with Gasteiger partial charge in [-0.25, -0.2) is 9.78 Å². The maximum absolute atomic E-state index is 11.9. The molecule has 2 heterocycles. The van der Waals surface area contributed by atoms with E-state index in [2.05, 4.69) is 9.72 Å². The third kappa shape index (κ3) is 1.44. The lowest BCUT2D eigenvalue weighted by atomic mass is 10.2. The van der Waals surface area contributed by atoms with Crippen molar-refractivity contribution in [1.82, 2.24) is 9.55 Å². The predicted molar refractivity (Wildman–Crippen MR) is 52.9 cm³/mol. The Hall–Kier alpha value is -1.65. The minimum absolute atomic E-state index is 0.00926. The zero-order valence-electron chi connectivity index (χ0n) is 8.69. The van der Waals surface area contributed by atoms with Gasteiger partial charge in [-0.2, -0.15) is 0 Å². The van der Waals surface area contributed by atoms with Crippen LogP contribution in [0.2, 0.25) is 0 Å². The molecule has 0 unspecified atom stereocenters. The average Bonchev–Trinajstić information content (AvgIpc) is 2.61. The van der Waals surface area contributed by atoms with E-state index in [1.165, 1.54) is 13.3 Å². The van der Waals surface area contributed by atoms with Crippen LogP contribution < -0.4 is 5.56 Å². The molecule has 1 aromatic rings. The highest BCUT2D eigenvalue weighted by atomic mass is 16.5. The Morgan fingerprint density at radius 2 is 2.40 bits per heavy atom. The van der Waals surface area contributed by atoms with Gasteiger partial charge in [-0.15, -0.1) is 0 Å². The molecule has 0 amide bonds. The standard InChI is InChI=1S/C10H12N2O3/c1-6-3-4-8-11-5-7(10(14)15-2)9(13)12(6)8/h5-6H,3-4H2,1-2H3/t6-/m1/s1. The smallest absolute Gasteiger partial charge is 0.345 e. The lowest BCUT2D eigenvalue weighted by Crippen LogP contribution is -2.29. The molecule has 0 bridgehead atoms. The number of methoxy groups -OCH3 is 1. The van der Waals surface area contributed by atoms with E-state index in [1.54, 1.807) is 4.57 Å². The first kappa shape index (κ1) is 9.89. The number of hydrogen-bond acceptors (Lipinski definition) is 4. The molecule has 0 saturated carbocycles. The molecule has 0 aliphatic carbocycles. The summed E-state index contributed by atoms with van der Waals surface area (Å²) in [5.41, 5.74) is -0.285. The summed E-state index contributed by atoms with van der Waals surface area (Å²) in [6.07, 6.45) is 2.99. The summed E-state index contributed by atoms with van der Waals surface area (Å²) in [6.45, 7) is 1.95. The monoisotopic (exact) mass is 208 g/mol. The van der Waals surface area contributed by atoms with Crippen LogP contribution in [0.25, 0.3) is 0 Å². The third-order valence-corrected chi connectivity index (χ3v) is 2.70. The summed E-state index contributed by atoms with van der Waals surface area (Å²) in [6, 6.07) is 0.115. The number of esters is 1. The summed E-state index contributed by atoms with van der Waals surface area (Å²) >= 11 is 0. The van der Waals surface area contributed by atoms with Crippen molar-refractivity contribution in [3.05, 3.63) is 27.9 Å². The fourth-order valence-electron chi connectivity index (χ4n) is 1.86. The van der Waals surface area contributed by atoms with Gasteiger partial charge in [-0.1, -0.05) is 0 Å². The molecule has 0 radical (unpaired) electrons. The van der Waals surface area contributed by atoms with Gasteiger partial charge in [0, 0.05) is 18.7 Å². The van der Waals surface area contributed by atoms with Crippen molar-refractivity contribution in [2.24, 2.45) is 0 Å². The van der Waals surface area contributed by atoms with Gasteiger partial charge in [0.1, 0.15) is 11.4 Å². The van der Waals surface area contributed by atoms with Gasteiger partial charge in [-0.3, -0.25) is 9.36 Å². The van der Waals surface area contributed by atoms with Crippen LogP contribution in [-0.4, -0.2) is 22.6 Å². The number of carbonyl (C=O) groups is 1. The molecule has 1 atom stereocenters. The van der Waals surface area contributed by atoms with Crippen molar-refractivity contribution < 1.29 is 9.53 Å². The Bertz CT molecular complexity index is 464. The number of fused-ring (bicyclic) bond motifs is 1. The van der Waals surface area contributed by atoms with Gasteiger partial charge >= 0.3 is 5.97 Å². The van der Waals surface area contributed by atoms with Gasteiger partial charge in [-0.05, 0) is 13.3 Å². The molecule has 1 aromatic heterocycles. The van der Waals surface area contributed by atoms with Crippen molar-refractivity contribution in [2.75, 3.05) is 7.11 Å². The topological polar surface area (TPSA) is 61.2 Å². The molecule has 1 aliphatic heterocycles. The maximum atomic E-state index is 11.9. The van der Waals surface area contributed by atoms with E-state index in [0.717, 1.165) is 18.7 Å². The summed E-state index contributed by atoms with van der Waals surface area (Å²) < 4.78 is 6.10. The van der Waals surface area contributed by atoms with E-state index in [4.69, 9.17) is 0 Å². The summed E-state index contributed by atoms with van der Waals surface area (Å²) in [4.78, 5) is 27.3. The molecule has 5 nitrogen and oxygen atoms in total. The second kappa shape index (κ2) is 3.49. The van der Waals surface area contributed by atoms with E-state index >= 15 is 0 Å². The lowest BCUT2D eigenvalue weighted by Gasteiger charge is -2.08. The molecule has 0 N–H and O–H groups in total. The second-order valence-electron chi connectivity index (χ2n) is 3.64. The van der Waals surface area contributed by atoms with Crippen LogP contribution in [-0.2, 0) is 11.2 Å². The van der Waals surface area contributed by atoms with Crippen molar-refractivity contribution >= 4 is 5.97 Å². The number of aromatic nitrogens is 2. The molecule has 0 aromatic carbocycles. The average molecular weight is 208 g/mol. The van der Waals surface area contributed by atoms with Gasteiger partial charge in [0.15, 0.2) is 0 Å². The highest BCUT2D eigenvalue weighted by Gasteiger charge is 2.24. The Labute approximate surface area is 86.7 Å². The second-order valence-corrected chi connectivity index (χ2v) is 3.64. The van der Waals surface area contributed by atoms with Crippen LogP contribution >= 0.6 is 0 Å². The van der Waals surface area contributed by atoms with Gasteiger partial charge in [0.05, 0.1) is 7.11 Å². The first-order valence-corrected chi connectivity index (χ1v) is 4.84. The number of aryl methyl sites for hydroxylation is 1. The van der Waals surface area contributed by atoms with E-state index in [0.29, 0.717) is 0 Å². The van der Waals surface area contributed by atoms with Crippen molar-refractivity contribution in [3.8, 4) is 0 Å². The van der Waals surface area contributed by atoms with E-state index in [-0.39, 0.29) is 17.2 Å². The molecule has 1 aliphatic rings. The van der Waals surface area contributed by atoms with E-state index in [9.17, 15) is 9.59 Å². The van der Waals surface area contributed by atoms with Crippen LogP contribution in [0.4, 0.5) is 0 Å². The normalized spacial score (nSPS) is 18.7. The predicted octanol–water partition coefficient (Wildman–Crippen LogP) is 0.537. The highest BCUT2D eigenvalue weighted by molar-refractivity contribution is 5.88. The van der Waals surface area contributed by atoms with Gasteiger partial charge in [0.2, 0.25) is 0 Å². The zero-order valence-corrected chi connectivity index (χ0v) is 8.69. The maximum Gasteiger partial charge on any atom is 0.345 e. The number of rotatable bonds is 1. The molecule has 2 rings (SSSR count). The molecule has 0 fully saturated rings. The molecular weight excluding hydrogens is 196 g/mol. The van der Waals surface area contributed by atoms with Crippen LogP contribution in [0, 0.1) is 0 Å². The Kier molecular flexibility index (Phi) is 2.30. The van der Waals surface area contributed by atoms with E-state index in [1.807, 2.05) is 6.92 Å². The number of nitrogens with zero attached hydrogens (tertiary/aromatic N) is 2. The zero-order chi connectivity index (χ0) is 11.0. The molecule has 15 heavy (non-hydrogen) atoms. The van der Waals surface area contributed by atoms with Crippen LogP contribution in [0.5, 0.6) is 0 Å². The van der Waals surface area contributed by atoms with Gasteiger partial charge in [0.25, 0.3) is 5.56 Å². The fourth-order valence-corrected chi connectivity index (χ4v) is 1.86. The first-order chi connectivity index (χ1) is 7.15. The van der Waals surface area contributed by atoms with Crippen molar-refractivity contribution in [2.45, 2.75) is 25.8 Å². The SMILES string of the molecule is COC(=O)c1cnc2n(c1=O)[C@H](C)CC2. The fraction of sp³-hybridized carbons (Fsp3) is 0.500. The molecule has 5 heteroatoms. The van der Waals surface area contributed by atoms with Crippen molar-refractivity contribution in [1.29, 1.82) is 0 Å². The van der Waals surface area contributed by atoms with Crippen LogP contribution in [0.1, 0.15) is 35.6 Å². The Morgan fingerprint density at radius 1 is 1.67 bits per heavy atom. The minimum Gasteiger partial charge on any atom is -0.465 e. The third-order valence-electron chi connectivity index (χ3n) is 2.70. The Balaban J connectivity index is 2.59. The molecular formula is C10H12N2O3. The number of ether oxygens (including phenoxy) is 1. The highest BCUT2D eigenvalue weighted by Crippen LogP contribution is 2.20. The molecule has 0 spiro atoms. The first-order valence-electron chi connectivity index (χ1n) is 4.84. The lowest BCUT2D eigenvalue weighted by molar-refractivity contribution is 0.0597. The Morgan fingerprint density at radius 3 is 3.07 bits per heavy atom. The summed E-state index contributed by atoms with van der Waals surface area (Å²) in [7, 11) is 1.25. The quantitative estimate of drug-likeness (QED) is 0.632. The minimum atomic E-state index is -0.623. The van der Waals surface area contributed by atoms with Gasteiger partial charge < -0.3 is 4.74 Å². The number of hydrogen-bond donors (Lipinski definition) is 0. The summed E-state index contributed by atoms with van der Waals surface area (Å²) in [5, 5.41) is 0. The molecule has 0 saturated heterocycles. The van der Waals surface area contributed by atoms with E-state index < -0.39 is 5.97 Å². The number of carbonyl (C=O) groups excluding carboxylic acids is 1. The van der Waals surface area contributed by atoms with Crippen LogP contribution in [0.15, 0.2) is 11.0 Å². The van der Waals surface area contributed by atoms with Crippen LogP contribution in [0.3, 0.4) is 0 Å². The summed E-state index contributed by atoms with van der Waals surface area (Å²) in [5.74, 6) is 0.127. The van der Waals surface area contributed by atoms with Crippen molar-refractivity contribution in [3.63, 3.8) is 0 Å². The largest absolute Gasteiger partial charge is 0.465 e.